The van der Waals surface area contributed by atoms with Gasteiger partial charge in [-0.3, -0.25) is 9.59 Å². The SMILES string of the molecule is COc1cc2cc(CCNC(=O)COc3ccccc3)c(=O)[nH]c2cc1OC. The summed E-state index contributed by atoms with van der Waals surface area (Å²) in [5.41, 5.74) is 1.03. The van der Waals surface area contributed by atoms with Crippen LogP contribution in [-0.2, 0) is 11.2 Å². The summed E-state index contributed by atoms with van der Waals surface area (Å²) in [5.74, 6) is 1.52. The highest BCUT2D eigenvalue weighted by molar-refractivity contribution is 5.83. The van der Waals surface area contributed by atoms with Crippen molar-refractivity contribution < 1.29 is 19.0 Å². The normalized spacial score (nSPS) is 10.5. The zero-order valence-electron chi connectivity index (χ0n) is 15.8. The first-order chi connectivity index (χ1) is 13.6. The molecule has 0 fully saturated rings. The van der Waals surface area contributed by atoms with E-state index in [2.05, 4.69) is 10.3 Å². The molecule has 7 heteroatoms. The van der Waals surface area contributed by atoms with Gasteiger partial charge in [0.2, 0.25) is 0 Å². The number of aromatic amines is 1. The van der Waals surface area contributed by atoms with Crippen molar-refractivity contribution in [1.82, 2.24) is 10.3 Å². The zero-order chi connectivity index (χ0) is 19.9. The number of methoxy groups -OCH3 is 2. The summed E-state index contributed by atoms with van der Waals surface area (Å²) >= 11 is 0. The fraction of sp³-hybridized carbons (Fsp3) is 0.238. The molecule has 146 valence electrons. The summed E-state index contributed by atoms with van der Waals surface area (Å²) in [4.78, 5) is 27.1. The molecule has 0 saturated heterocycles. The van der Waals surface area contributed by atoms with Crippen LogP contribution in [0.5, 0.6) is 17.2 Å². The minimum atomic E-state index is -0.243. The Kier molecular flexibility index (Phi) is 6.16. The molecule has 0 spiro atoms. The molecular formula is C21H22N2O5. The van der Waals surface area contributed by atoms with Gasteiger partial charge in [-0.25, -0.2) is 0 Å². The molecule has 0 aliphatic carbocycles. The van der Waals surface area contributed by atoms with E-state index in [1.165, 1.54) is 0 Å². The van der Waals surface area contributed by atoms with Gasteiger partial charge in [0.25, 0.3) is 11.5 Å². The van der Waals surface area contributed by atoms with Gasteiger partial charge >= 0.3 is 0 Å². The van der Waals surface area contributed by atoms with E-state index >= 15 is 0 Å². The summed E-state index contributed by atoms with van der Waals surface area (Å²) in [5, 5.41) is 3.58. The van der Waals surface area contributed by atoms with Crippen LogP contribution in [0.25, 0.3) is 10.9 Å². The smallest absolute Gasteiger partial charge is 0.257 e. The lowest BCUT2D eigenvalue weighted by atomic mass is 10.1. The molecule has 0 atom stereocenters. The zero-order valence-corrected chi connectivity index (χ0v) is 15.8. The Bertz CT molecular complexity index is 1010. The van der Waals surface area contributed by atoms with E-state index in [-0.39, 0.29) is 18.1 Å². The average Bonchev–Trinajstić information content (AvgIpc) is 2.72. The number of pyridine rings is 1. The fourth-order valence-corrected chi connectivity index (χ4v) is 2.82. The predicted molar refractivity (Wildman–Crippen MR) is 106 cm³/mol. The molecule has 7 nitrogen and oxygen atoms in total. The van der Waals surface area contributed by atoms with Crippen LogP contribution in [0, 0.1) is 0 Å². The van der Waals surface area contributed by atoms with E-state index in [9.17, 15) is 9.59 Å². The summed E-state index contributed by atoms with van der Waals surface area (Å²) in [6, 6.07) is 14.4. The molecule has 0 bridgehead atoms. The second kappa shape index (κ2) is 8.94. The summed E-state index contributed by atoms with van der Waals surface area (Å²) < 4.78 is 16.0. The third-order valence-electron chi connectivity index (χ3n) is 4.25. The van der Waals surface area contributed by atoms with E-state index in [0.717, 1.165) is 5.39 Å². The Morgan fingerprint density at radius 2 is 1.75 bits per heavy atom. The lowest BCUT2D eigenvalue weighted by molar-refractivity contribution is -0.123. The second-order valence-corrected chi connectivity index (χ2v) is 6.12. The number of amides is 1. The first kappa shape index (κ1) is 19.3. The number of nitrogens with one attached hydrogen (secondary N) is 2. The number of fused-ring (bicyclic) bond motifs is 1. The number of benzene rings is 2. The minimum Gasteiger partial charge on any atom is -0.493 e. The number of hydrogen-bond acceptors (Lipinski definition) is 5. The topological polar surface area (TPSA) is 89.6 Å². The van der Waals surface area contributed by atoms with Crippen molar-refractivity contribution >= 4 is 16.8 Å². The van der Waals surface area contributed by atoms with Crippen LogP contribution in [-0.4, -0.2) is 38.3 Å². The van der Waals surface area contributed by atoms with Gasteiger partial charge in [0.15, 0.2) is 18.1 Å². The number of carbonyl (C=O) groups is 1. The van der Waals surface area contributed by atoms with Gasteiger partial charge < -0.3 is 24.5 Å². The molecule has 0 unspecified atom stereocenters. The largest absolute Gasteiger partial charge is 0.493 e. The van der Waals surface area contributed by atoms with E-state index in [4.69, 9.17) is 14.2 Å². The van der Waals surface area contributed by atoms with Crippen LogP contribution in [0.1, 0.15) is 5.56 Å². The maximum Gasteiger partial charge on any atom is 0.257 e. The molecule has 2 N–H and O–H groups in total. The first-order valence-corrected chi connectivity index (χ1v) is 8.83. The Morgan fingerprint density at radius 1 is 1.04 bits per heavy atom. The van der Waals surface area contributed by atoms with Crippen LogP contribution < -0.4 is 25.1 Å². The Balaban J connectivity index is 1.61. The number of aromatic nitrogens is 1. The minimum absolute atomic E-state index is 0.0743. The van der Waals surface area contributed by atoms with Crippen molar-refractivity contribution in [3.63, 3.8) is 0 Å². The van der Waals surface area contributed by atoms with Gasteiger partial charge in [0.05, 0.1) is 19.7 Å². The van der Waals surface area contributed by atoms with E-state index in [1.54, 1.807) is 44.6 Å². The molecule has 0 aliphatic heterocycles. The van der Waals surface area contributed by atoms with E-state index in [0.29, 0.717) is 41.3 Å². The van der Waals surface area contributed by atoms with Crippen LogP contribution >= 0.6 is 0 Å². The molecule has 28 heavy (non-hydrogen) atoms. The molecule has 0 radical (unpaired) electrons. The van der Waals surface area contributed by atoms with Gasteiger partial charge in [-0.1, -0.05) is 18.2 Å². The third kappa shape index (κ3) is 4.62. The quantitative estimate of drug-likeness (QED) is 0.624. The highest BCUT2D eigenvalue weighted by Crippen LogP contribution is 2.31. The Hall–Kier alpha value is -3.48. The molecule has 2 aromatic carbocycles. The Morgan fingerprint density at radius 3 is 2.46 bits per heavy atom. The number of H-pyrrole nitrogens is 1. The summed E-state index contributed by atoms with van der Waals surface area (Å²) in [7, 11) is 3.10. The number of hydrogen-bond donors (Lipinski definition) is 2. The molecular weight excluding hydrogens is 360 g/mol. The maximum absolute atomic E-state index is 12.3. The second-order valence-electron chi connectivity index (χ2n) is 6.12. The highest BCUT2D eigenvalue weighted by Gasteiger charge is 2.10. The highest BCUT2D eigenvalue weighted by atomic mass is 16.5. The van der Waals surface area contributed by atoms with Gasteiger partial charge in [0.1, 0.15) is 5.75 Å². The van der Waals surface area contributed by atoms with Crippen LogP contribution in [0.4, 0.5) is 0 Å². The maximum atomic E-state index is 12.3. The molecule has 1 aromatic heterocycles. The fourth-order valence-electron chi connectivity index (χ4n) is 2.82. The molecule has 0 saturated carbocycles. The van der Waals surface area contributed by atoms with Crippen molar-refractivity contribution in [3.8, 4) is 17.2 Å². The van der Waals surface area contributed by atoms with E-state index in [1.807, 2.05) is 18.2 Å². The first-order valence-electron chi connectivity index (χ1n) is 8.83. The van der Waals surface area contributed by atoms with Crippen molar-refractivity contribution in [1.29, 1.82) is 0 Å². The lowest BCUT2D eigenvalue weighted by Crippen LogP contribution is -2.31. The van der Waals surface area contributed by atoms with Gasteiger partial charge in [0, 0.05) is 23.6 Å². The predicted octanol–water partition coefficient (Wildman–Crippen LogP) is 2.28. The van der Waals surface area contributed by atoms with Gasteiger partial charge in [-0.15, -0.1) is 0 Å². The van der Waals surface area contributed by atoms with Gasteiger partial charge in [-0.2, -0.15) is 0 Å². The summed E-state index contributed by atoms with van der Waals surface area (Å²) in [6.07, 6.45) is 0.399. The third-order valence-corrected chi connectivity index (χ3v) is 4.25. The number of carbonyl (C=O) groups excluding carboxylic acids is 1. The van der Waals surface area contributed by atoms with Crippen molar-refractivity contribution in [2.75, 3.05) is 27.4 Å². The average molecular weight is 382 g/mol. The van der Waals surface area contributed by atoms with Gasteiger partial charge in [-0.05, 0) is 30.7 Å². The van der Waals surface area contributed by atoms with Crippen LogP contribution in [0.15, 0.2) is 53.3 Å². The molecule has 3 aromatic rings. The lowest BCUT2D eigenvalue weighted by Gasteiger charge is -2.10. The van der Waals surface area contributed by atoms with E-state index < -0.39 is 0 Å². The number of ether oxygens (including phenoxy) is 3. The van der Waals surface area contributed by atoms with Crippen molar-refractivity contribution in [2.45, 2.75) is 6.42 Å². The molecule has 1 amide bonds. The monoisotopic (exact) mass is 382 g/mol. The standard InChI is InChI=1S/C21H22N2O5/c1-26-18-11-15-10-14(21(25)23-17(15)12-19(18)27-2)8-9-22-20(24)13-28-16-6-4-3-5-7-16/h3-7,10-12H,8-9,13H2,1-2H3,(H,22,24)(H,23,25). The van der Waals surface area contributed by atoms with Crippen LogP contribution in [0.3, 0.4) is 0 Å². The summed E-state index contributed by atoms with van der Waals surface area (Å²) in [6.45, 7) is 0.258. The number of rotatable bonds is 8. The Labute approximate surface area is 162 Å². The van der Waals surface area contributed by atoms with Crippen molar-refractivity contribution in [3.05, 3.63) is 64.4 Å². The molecule has 0 aliphatic rings. The molecule has 1 heterocycles. The van der Waals surface area contributed by atoms with Crippen molar-refractivity contribution in [2.24, 2.45) is 0 Å². The number of para-hydroxylation sites is 1. The van der Waals surface area contributed by atoms with Crippen LogP contribution in [0.2, 0.25) is 0 Å². The molecule has 3 rings (SSSR count).